The van der Waals surface area contributed by atoms with Crippen LogP contribution >= 0.6 is 0 Å². The molecule has 2 saturated heterocycles. The van der Waals surface area contributed by atoms with Crippen molar-refractivity contribution in [2.75, 3.05) is 7.11 Å². The molecule has 11 nitrogen and oxygen atoms in total. The van der Waals surface area contributed by atoms with Gasteiger partial charge in [-0.15, -0.1) is 0 Å². The van der Waals surface area contributed by atoms with E-state index in [1.807, 2.05) is 34.6 Å². The summed E-state index contributed by atoms with van der Waals surface area (Å²) in [6, 6.07) is 1.75. The molecule has 0 aromatic carbocycles. The number of carbonyl (C=O) groups is 4. The van der Waals surface area contributed by atoms with E-state index in [1.165, 1.54) is 19.4 Å². The van der Waals surface area contributed by atoms with Gasteiger partial charge in [-0.1, -0.05) is 55.4 Å². The van der Waals surface area contributed by atoms with E-state index in [1.54, 1.807) is 33.1 Å². The molecule has 11 heteroatoms. The van der Waals surface area contributed by atoms with Crippen molar-refractivity contribution < 1.29 is 52.4 Å². The van der Waals surface area contributed by atoms with Gasteiger partial charge in [0, 0.05) is 40.2 Å². The molecule has 6 rings (SSSR count). The number of fused-ring (bicyclic) bond motifs is 2. The Bertz CT molecular complexity index is 1490. The molecule has 1 aromatic rings. The van der Waals surface area contributed by atoms with Crippen LogP contribution in [0.4, 0.5) is 0 Å². The molecule has 1 spiro atoms. The summed E-state index contributed by atoms with van der Waals surface area (Å²) in [7, 11) is 1.33. The molecular formula is C36H48O11. The van der Waals surface area contributed by atoms with E-state index in [0.717, 1.165) is 0 Å². The highest BCUT2D eigenvalue weighted by atomic mass is 16.6. The Hall–Kier alpha value is -3.18. The Kier molecular flexibility index (Phi) is 7.83. The quantitative estimate of drug-likeness (QED) is 0.302. The Morgan fingerprint density at radius 1 is 1.06 bits per heavy atom. The molecule has 2 saturated carbocycles. The SMILES string of the molecule is CCC(C)C(=O)O[C@H]1C(C)(C)[C@H](CC(=O)OC)[C@@]2(C)C3CC[C@]4(C)C(=CC(=O)O[C@H]4c4ccoc4)C34OC2C1(O)[C@H]4OC(=O)C(C)C. The van der Waals surface area contributed by atoms with Gasteiger partial charge in [0.25, 0.3) is 0 Å². The minimum atomic E-state index is -2.04. The standard InChI is InChI=1S/C36H48O11/c1-10-19(4)28(40)46-29-32(5,6)22(15-24(37)42-9)34(8)21-11-13-33(7)23(16-25(38)44-26(33)20-12-14-43-17-20)36(21)31(45-27(39)18(2)3)35(29,41)30(34)47-36/h12,14,16-19,21-22,26,29-31,41H,10-11,13,15H2,1-9H3/t19?,21?,22-,26-,29-,30?,31+,33+,34+,35?,36?/m0/s1. The average molecular weight is 657 g/mol. The predicted molar refractivity (Wildman–Crippen MR) is 165 cm³/mol. The number of esters is 4. The highest BCUT2D eigenvalue weighted by molar-refractivity contribution is 5.86. The average Bonchev–Trinajstić information content (AvgIpc) is 3.71. The molecule has 4 heterocycles. The van der Waals surface area contributed by atoms with Crippen LogP contribution in [0.2, 0.25) is 0 Å². The van der Waals surface area contributed by atoms with Gasteiger partial charge >= 0.3 is 23.9 Å². The van der Waals surface area contributed by atoms with E-state index in [0.29, 0.717) is 30.4 Å². The zero-order chi connectivity index (χ0) is 34.5. The van der Waals surface area contributed by atoms with E-state index < -0.39 is 99.4 Å². The van der Waals surface area contributed by atoms with Gasteiger partial charge in [-0.05, 0) is 36.8 Å². The zero-order valence-corrected chi connectivity index (χ0v) is 28.8. The van der Waals surface area contributed by atoms with Crippen LogP contribution in [0.1, 0.15) is 92.7 Å². The van der Waals surface area contributed by atoms with Crippen molar-refractivity contribution in [2.24, 2.45) is 39.9 Å². The van der Waals surface area contributed by atoms with Crippen molar-refractivity contribution in [2.45, 2.75) is 117 Å². The van der Waals surface area contributed by atoms with Crippen molar-refractivity contribution in [1.29, 1.82) is 0 Å². The van der Waals surface area contributed by atoms with E-state index in [2.05, 4.69) is 0 Å². The molecule has 47 heavy (non-hydrogen) atoms. The fourth-order valence-electron chi connectivity index (χ4n) is 10.2. The maximum atomic E-state index is 13.6. The lowest BCUT2D eigenvalue weighted by atomic mass is 9.37. The van der Waals surface area contributed by atoms with Crippen LogP contribution in [0.15, 0.2) is 34.7 Å². The largest absolute Gasteiger partial charge is 0.472 e. The maximum Gasteiger partial charge on any atom is 0.331 e. The van der Waals surface area contributed by atoms with Gasteiger partial charge in [0.1, 0.15) is 23.9 Å². The Morgan fingerprint density at radius 3 is 2.34 bits per heavy atom. The highest BCUT2D eigenvalue weighted by Crippen LogP contribution is 2.79. The Balaban J connectivity index is 1.62. The van der Waals surface area contributed by atoms with Crippen molar-refractivity contribution in [1.82, 2.24) is 0 Å². The molecule has 5 aliphatic rings. The first-order valence-electron chi connectivity index (χ1n) is 16.8. The minimum Gasteiger partial charge on any atom is -0.472 e. The van der Waals surface area contributed by atoms with E-state index in [4.69, 9.17) is 28.1 Å². The van der Waals surface area contributed by atoms with Crippen LogP contribution in [0.5, 0.6) is 0 Å². The normalized spacial score (nSPS) is 41.7. The lowest BCUT2D eigenvalue weighted by Gasteiger charge is -2.67. The Morgan fingerprint density at radius 2 is 1.74 bits per heavy atom. The number of hydrogen-bond donors (Lipinski definition) is 1. The second kappa shape index (κ2) is 10.9. The third-order valence-electron chi connectivity index (χ3n) is 12.6. The molecule has 0 amide bonds. The molecule has 258 valence electrons. The molecule has 2 aliphatic carbocycles. The van der Waals surface area contributed by atoms with Crippen LogP contribution in [0.25, 0.3) is 0 Å². The molecule has 5 unspecified atom stereocenters. The van der Waals surface area contributed by atoms with E-state index in [-0.39, 0.29) is 6.42 Å². The smallest absolute Gasteiger partial charge is 0.331 e. The predicted octanol–water partition coefficient (Wildman–Crippen LogP) is 4.85. The molecular weight excluding hydrogens is 608 g/mol. The molecule has 1 aromatic heterocycles. The van der Waals surface area contributed by atoms with Gasteiger partial charge < -0.3 is 33.2 Å². The molecule has 3 aliphatic heterocycles. The van der Waals surface area contributed by atoms with Crippen molar-refractivity contribution in [3.8, 4) is 0 Å². The lowest BCUT2D eigenvalue weighted by Crippen LogP contribution is -2.80. The molecule has 0 radical (unpaired) electrons. The van der Waals surface area contributed by atoms with Crippen molar-refractivity contribution >= 4 is 23.9 Å². The summed E-state index contributed by atoms with van der Waals surface area (Å²) in [6.45, 7) is 14.8. The lowest BCUT2D eigenvalue weighted by molar-refractivity contribution is -0.293. The van der Waals surface area contributed by atoms with Crippen molar-refractivity contribution in [3.05, 3.63) is 35.8 Å². The van der Waals surface area contributed by atoms with Gasteiger partial charge in [-0.3, -0.25) is 14.4 Å². The summed E-state index contributed by atoms with van der Waals surface area (Å²) in [5.74, 6) is -4.05. The second-order valence-electron chi connectivity index (χ2n) is 15.7. The van der Waals surface area contributed by atoms with Gasteiger partial charge in [0.05, 0.1) is 31.5 Å². The summed E-state index contributed by atoms with van der Waals surface area (Å²) < 4.78 is 36.4. The second-order valence-corrected chi connectivity index (χ2v) is 15.7. The fourth-order valence-corrected chi connectivity index (χ4v) is 10.2. The number of furan rings is 1. The third-order valence-corrected chi connectivity index (χ3v) is 12.6. The van der Waals surface area contributed by atoms with Crippen LogP contribution < -0.4 is 0 Å². The maximum absolute atomic E-state index is 13.6. The van der Waals surface area contributed by atoms with Gasteiger partial charge in [0.2, 0.25) is 0 Å². The van der Waals surface area contributed by atoms with E-state index >= 15 is 0 Å². The highest BCUT2D eigenvalue weighted by Gasteiger charge is 2.90. The summed E-state index contributed by atoms with van der Waals surface area (Å²) in [4.78, 5) is 53.7. The van der Waals surface area contributed by atoms with Gasteiger partial charge in [-0.25, -0.2) is 4.79 Å². The van der Waals surface area contributed by atoms with Crippen LogP contribution in [0, 0.1) is 39.9 Å². The van der Waals surface area contributed by atoms with Crippen molar-refractivity contribution in [3.63, 3.8) is 0 Å². The molecule has 11 atom stereocenters. The van der Waals surface area contributed by atoms with Gasteiger partial charge in [0.15, 0.2) is 11.7 Å². The van der Waals surface area contributed by atoms with Crippen LogP contribution in [-0.4, -0.2) is 65.6 Å². The zero-order valence-electron chi connectivity index (χ0n) is 28.8. The molecule has 4 fully saturated rings. The first kappa shape index (κ1) is 33.7. The minimum absolute atomic E-state index is 0.0215. The number of ether oxygens (including phenoxy) is 5. The number of aliphatic hydroxyl groups is 1. The Labute approximate surface area is 275 Å². The van der Waals surface area contributed by atoms with Crippen LogP contribution in [0.3, 0.4) is 0 Å². The number of hydrogen-bond acceptors (Lipinski definition) is 11. The number of rotatable bonds is 8. The van der Waals surface area contributed by atoms with Gasteiger partial charge in [-0.2, -0.15) is 0 Å². The third kappa shape index (κ3) is 4.30. The summed E-state index contributed by atoms with van der Waals surface area (Å²) in [5.41, 5.74) is -5.08. The molecule has 2 bridgehead atoms. The number of carbonyl (C=O) groups excluding carboxylic acids is 4. The van der Waals surface area contributed by atoms with E-state index in [9.17, 15) is 24.3 Å². The number of methoxy groups -OCH3 is 1. The first-order chi connectivity index (χ1) is 21.9. The molecule has 1 N–H and O–H groups in total. The summed E-state index contributed by atoms with van der Waals surface area (Å²) in [6.07, 6.45) is 1.73. The first-order valence-corrected chi connectivity index (χ1v) is 16.8. The summed E-state index contributed by atoms with van der Waals surface area (Å²) in [5, 5.41) is 13.3. The fraction of sp³-hybridized carbons (Fsp3) is 0.722. The summed E-state index contributed by atoms with van der Waals surface area (Å²) >= 11 is 0. The topological polar surface area (TPSA) is 148 Å². The number of cyclic esters (lactones) is 1. The van der Waals surface area contributed by atoms with Crippen LogP contribution in [-0.2, 0) is 42.9 Å². The monoisotopic (exact) mass is 656 g/mol.